The lowest BCUT2D eigenvalue weighted by Crippen LogP contribution is -2.48. The molecule has 1 amide bonds. The summed E-state index contributed by atoms with van der Waals surface area (Å²) in [7, 11) is 1.60. The van der Waals surface area contributed by atoms with E-state index >= 15 is 0 Å². The van der Waals surface area contributed by atoms with E-state index in [2.05, 4.69) is 21.2 Å². The van der Waals surface area contributed by atoms with Gasteiger partial charge in [0.1, 0.15) is 5.75 Å². The minimum atomic E-state index is -0.0159. The van der Waals surface area contributed by atoms with Crippen LogP contribution < -0.4 is 10.1 Å². The van der Waals surface area contributed by atoms with Crippen molar-refractivity contribution >= 4 is 23.2 Å². The first-order valence-corrected chi connectivity index (χ1v) is 9.14. The maximum Gasteiger partial charge on any atom is 0.238 e. The van der Waals surface area contributed by atoms with Gasteiger partial charge in [-0.2, -0.15) is 0 Å². The molecular formula is C20H24ClN3O2. The summed E-state index contributed by atoms with van der Waals surface area (Å²) in [5.41, 5.74) is 1.93. The molecule has 0 radical (unpaired) electrons. The van der Waals surface area contributed by atoms with Gasteiger partial charge >= 0.3 is 0 Å². The molecule has 5 nitrogen and oxygen atoms in total. The number of para-hydroxylation sites is 2. The summed E-state index contributed by atoms with van der Waals surface area (Å²) < 4.78 is 5.27. The predicted octanol–water partition coefficient (Wildman–Crippen LogP) is 3.10. The van der Waals surface area contributed by atoms with Gasteiger partial charge in [-0.05, 0) is 29.8 Å². The Morgan fingerprint density at radius 2 is 1.81 bits per heavy atom. The van der Waals surface area contributed by atoms with Crippen molar-refractivity contribution in [3.8, 4) is 5.75 Å². The van der Waals surface area contributed by atoms with Crippen LogP contribution in [0.25, 0.3) is 0 Å². The zero-order valence-electron chi connectivity index (χ0n) is 15.0. The highest BCUT2D eigenvalue weighted by molar-refractivity contribution is 6.30. The van der Waals surface area contributed by atoms with Crippen LogP contribution in [0.1, 0.15) is 5.56 Å². The highest BCUT2D eigenvalue weighted by atomic mass is 35.5. The number of carbonyl (C=O) groups excluding carboxylic acids is 1. The van der Waals surface area contributed by atoms with Crippen LogP contribution in [0, 0.1) is 0 Å². The summed E-state index contributed by atoms with van der Waals surface area (Å²) in [5, 5.41) is 3.70. The van der Waals surface area contributed by atoms with E-state index in [1.165, 1.54) is 5.56 Å². The van der Waals surface area contributed by atoms with Crippen LogP contribution in [0.3, 0.4) is 0 Å². The average Bonchev–Trinajstić information content (AvgIpc) is 2.64. The SMILES string of the molecule is COc1ccccc1NC(=O)CN1CCN(Cc2cccc(Cl)c2)CC1. The molecule has 0 bridgehead atoms. The standard InChI is InChI=1S/C20H24ClN3O2/c1-26-19-8-3-2-7-18(19)22-20(25)15-24-11-9-23(10-12-24)14-16-5-4-6-17(21)13-16/h2-8,13H,9-12,14-15H2,1H3,(H,22,25). The number of anilines is 1. The van der Waals surface area contributed by atoms with E-state index in [1.807, 2.05) is 42.5 Å². The second-order valence-electron chi connectivity index (χ2n) is 6.43. The van der Waals surface area contributed by atoms with Gasteiger partial charge in [-0.15, -0.1) is 0 Å². The first kappa shape index (κ1) is 18.7. The van der Waals surface area contributed by atoms with Gasteiger partial charge in [0.15, 0.2) is 0 Å². The largest absolute Gasteiger partial charge is 0.495 e. The molecule has 1 aliphatic heterocycles. The van der Waals surface area contributed by atoms with Gasteiger partial charge in [-0.1, -0.05) is 35.9 Å². The van der Waals surface area contributed by atoms with Crippen molar-refractivity contribution in [3.63, 3.8) is 0 Å². The smallest absolute Gasteiger partial charge is 0.238 e. The van der Waals surface area contributed by atoms with E-state index in [0.29, 0.717) is 18.0 Å². The lowest BCUT2D eigenvalue weighted by Gasteiger charge is -2.34. The van der Waals surface area contributed by atoms with Crippen LogP contribution in [-0.2, 0) is 11.3 Å². The maximum atomic E-state index is 12.3. The molecule has 26 heavy (non-hydrogen) atoms. The molecule has 0 unspecified atom stereocenters. The molecule has 1 heterocycles. The molecule has 0 saturated carbocycles. The van der Waals surface area contributed by atoms with Crippen LogP contribution in [0.5, 0.6) is 5.75 Å². The van der Waals surface area contributed by atoms with Crippen molar-refractivity contribution in [1.29, 1.82) is 0 Å². The lowest BCUT2D eigenvalue weighted by molar-refractivity contribution is -0.117. The fraction of sp³-hybridized carbons (Fsp3) is 0.350. The van der Waals surface area contributed by atoms with Gasteiger partial charge in [0.05, 0.1) is 19.3 Å². The minimum Gasteiger partial charge on any atom is -0.495 e. The van der Waals surface area contributed by atoms with Crippen LogP contribution in [0.4, 0.5) is 5.69 Å². The normalized spacial score (nSPS) is 15.6. The summed E-state index contributed by atoms with van der Waals surface area (Å²) in [6.07, 6.45) is 0. The monoisotopic (exact) mass is 373 g/mol. The van der Waals surface area contributed by atoms with Crippen molar-refractivity contribution in [1.82, 2.24) is 9.80 Å². The molecule has 1 N–H and O–H groups in total. The molecule has 0 spiro atoms. The molecule has 2 aromatic carbocycles. The molecule has 3 rings (SSSR count). The lowest BCUT2D eigenvalue weighted by atomic mass is 10.2. The number of hydrogen-bond acceptors (Lipinski definition) is 4. The van der Waals surface area contributed by atoms with Crippen LogP contribution in [0.2, 0.25) is 5.02 Å². The molecule has 1 fully saturated rings. The number of hydrogen-bond donors (Lipinski definition) is 1. The Labute approximate surface area is 159 Å². The van der Waals surface area contributed by atoms with Crippen molar-refractivity contribution in [2.75, 3.05) is 45.2 Å². The number of amides is 1. The number of nitrogens with one attached hydrogen (secondary N) is 1. The third-order valence-electron chi connectivity index (χ3n) is 4.51. The second-order valence-corrected chi connectivity index (χ2v) is 6.87. The molecule has 0 aliphatic carbocycles. The van der Waals surface area contributed by atoms with Crippen LogP contribution in [-0.4, -0.2) is 55.5 Å². The van der Waals surface area contributed by atoms with E-state index in [9.17, 15) is 4.79 Å². The van der Waals surface area contributed by atoms with Gasteiger partial charge in [-0.25, -0.2) is 0 Å². The number of nitrogens with zero attached hydrogens (tertiary/aromatic N) is 2. The fourth-order valence-corrected chi connectivity index (χ4v) is 3.35. The summed E-state index contributed by atoms with van der Waals surface area (Å²) in [6.45, 7) is 4.91. The number of halogens is 1. The summed E-state index contributed by atoms with van der Waals surface area (Å²) in [5.74, 6) is 0.657. The molecule has 138 valence electrons. The summed E-state index contributed by atoms with van der Waals surface area (Å²) >= 11 is 6.05. The predicted molar refractivity (Wildman–Crippen MR) is 105 cm³/mol. The van der Waals surface area contributed by atoms with E-state index in [1.54, 1.807) is 7.11 Å². The van der Waals surface area contributed by atoms with Gasteiger partial charge in [0.2, 0.25) is 5.91 Å². The van der Waals surface area contributed by atoms with Crippen LogP contribution >= 0.6 is 11.6 Å². The van der Waals surface area contributed by atoms with E-state index < -0.39 is 0 Å². The summed E-state index contributed by atoms with van der Waals surface area (Å²) in [4.78, 5) is 16.9. The van der Waals surface area contributed by atoms with E-state index in [-0.39, 0.29) is 5.91 Å². The fourth-order valence-electron chi connectivity index (χ4n) is 3.14. The van der Waals surface area contributed by atoms with E-state index in [4.69, 9.17) is 16.3 Å². The Kier molecular flexibility index (Phi) is 6.50. The van der Waals surface area contributed by atoms with Crippen molar-refractivity contribution < 1.29 is 9.53 Å². The molecule has 0 aromatic heterocycles. The Bertz CT molecular complexity index is 745. The number of piperazine rings is 1. The third kappa shape index (κ3) is 5.21. The molecule has 2 aromatic rings. The van der Waals surface area contributed by atoms with Crippen molar-refractivity contribution in [2.24, 2.45) is 0 Å². The number of methoxy groups -OCH3 is 1. The van der Waals surface area contributed by atoms with Crippen LogP contribution in [0.15, 0.2) is 48.5 Å². The Balaban J connectivity index is 1.45. The molecule has 1 aliphatic rings. The molecule has 0 atom stereocenters. The second kappa shape index (κ2) is 9.03. The zero-order valence-corrected chi connectivity index (χ0v) is 15.7. The van der Waals surface area contributed by atoms with E-state index in [0.717, 1.165) is 37.7 Å². The molecule has 6 heteroatoms. The highest BCUT2D eigenvalue weighted by Crippen LogP contribution is 2.23. The first-order valence-electron chi connectivity index (χ1n) is 8.76. The van der Waals surface area contributed by atoms with Gasteiger partial charge in [0, 0.05) is 37.7 Å². The topological polar surface area (TPSA) is 44.8 Å². The third-order valence-corrected chi connectivity index (χ3v) is 4.74. The molecule has 1 saturated heterocycles. The molecular weight excluding hydrogens is 350 g/mol. The maximum absolute atomic E-state index is 12.3. The van der Waals surface area contributed by atoms with Gasteiger partial charge in [-0.3, -0.25) is 14.6 Å². The summed E-state index contributed by atoms with van der Waals surface area (Å²) in [6, 6.07) is 15.4. The highest BCUT2D eigenvalue weighted by Gasteiger charge is 2.19. The van der Waals surface area contributed by atoms with Gasteiger partial charge < -0.3 is 10.1 Å². The number of carbonyl (C=O) groups is 1. The number of benzene rings is 2. The zero-order chi connectivity index (χ0) is 18.4. The first-order chi connectivity index (χ1) is 12.6. The average molecular weight is 374 g/mol. The Morgan fingerprint density at radius 3 is 2.54 bits per heavy atom. The van der Waals surface area contributed by atoms with Crippen molar-refractivity contribution in [2.45, 2.75) is 6.54 Å². The Morgan fingerprint density at radius 1 is 1.08 bits per heavy atom. The minimum absolute atomic E-state index is 0.0159. The Hall–Kier alpha value is -2.08. The number of rotatable bonds is 6. The van der Waals surface area contributed by atoms with Gasteiger partial charge in [0.25, 0.3) is 0 Å². The number of ether oxygens (including phenoxy) is 1. The van der Waals surface area contributed by atoms with Crippen molar-refractivity contribution in [3.05, 3.63) is 59.1 Å². The quantitative estimate of drug-likeness (QED) is 0.845.